The molecule has 0 aliphatic carbocycles. The van der Waals surface area contributed by atoms with Crippen molar-refractivity contribution in [3.05, 3.63) is 40.9 Å². The minimum atomic E-state index is -0.936. The van der Waals surface area contributed by atoms with Gasteiger partial charge in [0.15, 0.2) is 0 Å². The third-order valence-corrected chi connectivity index (χ3v) is 4.35. The number of nitrogens with one attached hydrogen (secondary N) is 1. The molecule has 25 heavy (non-hydrogen) atoms. The van der Waals surface area contributed by atoms with Crippen molar-refractivity contribution in [3.8, 4) is 5.75 Å². The van der Waals surface area contributed by atoms with Crippen molar-refractivity contribution in [2.24, 2.45) is 4.99 Å². The molecule has 1 heterocycles. The van der Waals surface area contributed by atoms with Gasteiger partial charge >= 0.3 is 5.97 Å². The molecule has 1 saturated heterocycles. The summed E-state index contributed by atoms with van der Waals surface area (Å²) in [5.74, 6) is -0.267. The van der Waals surface area contributed by atoms with Gasteiger partial charge in [0.05, 0.1) is 18.6 Å². The second-order valence-corrected chi connectivity index (χ2v) is 6.46. The predicted molar refractivity (Wildman–Crippen MR) is 101 cm³/mol. The van der Waals surface area contributed by atoms with E-state index in [2.05, 4.69) is 10.3 Å². The summed E-state index contributed by atoms with van der Waals surface area (Å²) in [5.41, 5.74) is 1.06. The maximum absolute atomic E-state index is 11.2. The molecule has 2 N–H and O–H groups in total. The number of thioether (sulfide) groups is 1. The van der Waals surface area contributed by atoms with Crippen LogP contribution in [0.5, 0.6) is 5.75 Å². The van der Waals surface area contributed by atoms with Crippen molar-refractivity contribution in [2.75, 3.05) is 14.2 Å². The number of unbranched alkanes of at least 4 members (excludes halogenated alkanes) is 1. The van der Waals surface area contributed by atoms with Gasteiger partial charge in [0.25, 0.3) is 0 Å². The van der Waals surface area contributed by atoms with Gasteiger partial charge in [0.1, 0.15) is 11.0 Å². The number of aliphatic carboxylic acids is 1. The number of carboxylic acid groups (broad SMARTS) is 1. The normalized spacial score (nSPS) is 18.0. The Hall–Kier alpha value is -2.28. The average Bonchev–Trinajstić information content (AvgIpc) is 2.93. The fourth-order valence-electron chi connectivity index (χ4n) is 1.98. The number of aliphatic imine (C=N–C) groups is 1. The maximum atomic E-state index is 11.2. The highest BCUT2D eigenvalue weighted by atomic mass is 32.2. The first-order valence-electron chi connectivity index (χ1n) is 7.95. The van der Waals surface area contributed by atoms with E-state index >= 15 is 0 Å². The van der Waals surface area contributed by atoms with Crippen LogP contribution in [-0.2, 0) is 9.59 Å². The molecule has 1 atom stereocenters. The van der Waals surface area contributed by atoms with Gasteiger partial charge in [0, 0.05) is 13.3 Å². The largest absolute Gasteiger partial charge is 0.497 e. The molecule has 1 unspecified atom stereocenters. The van der Waals surface area contributed by atoms with Crippen LogP contribution in [0.15, 0.2) is 40.4 Å². The molecular weight excluding hydrogens is 340 g/mol. The minimum absolute atomic E-state index is 0.111. The second-order valence-electron chi connectivity index (χ2n) is 5.21. The molecular formula is C18H24N2O4S. The average molecular weight is 364 g/mol. The zero-order valence-corrected chi connectivity index (χ0v) is 15.5. The molecule has 1 aromatic carbocycles. The lowest BCUT2D eigenvalue weighted by atomic mass is 10.2. The summed E-state index contributed by atoms with van der Waals surface area (Å²) in [7, 11) is 3.40. The van der Waals surface area contributed by atoms with Crippen LogP contribution in [0, 0.1) is 0 Å². The number of carbonyl (C=O) groups excluding carboxylic acids is 1. The number of methoxy groups -OCH3 is 1. The van der Waals surface area contributed by atoms with Gasteiger partial charge in [-0.25, -0.2) is 0 Å². The van der Waals surface area contributed by atoms with Gasteiger partial charge in [-0.05, 0) is 24.1 Å². The molecule has 0 bridgehead atoms. The van der Waals surface area contributed by atoms with Crippen LogP contribution in [0.25, 0.3) is 0 Å². The van der Waals surface area contributed by atoms with E-state index in [1.807, 2.05) is 37.3 Å². The number of amides is 1. The number of hydrogen-bond donors (Lipinski definition) is 2. The Morgan fingerprint density at radius 2 is 2.24 bits per heavy atom. The van der Waals surface area contributed by atoms with Crippen molar-refractivity contribution in [2.45, 2.75) is 31.4 Å². The number of carboxylic acids is 1. The lowest BCUT2D eigenvalue weighted by Crippen LogP contribution is -2.24. The molecule has 0 spiro atoms. The summed E-state index contributed by atoms with van der Waals surface area (Å²) >= 11 is 1.31. The standard InChI is InChI=1S/C9H13NO3S.C9H11NO/c1-2-3-4-7-10-9(13)6(14-7)5-8(11)12;1-10-7-8-4-3-5-9(6-8)11-2/h4,6H,2-3,5H2,1H3,(H,10,13)(H,11,12);3-7H,1-2H3/b7-4-;. The number of carbonyl (C=O) groups is 2. The zero-order chi connectivity index (χ0) is 18.7. The smallest absolute Gasteiger partial charge is 0.305 e. The van der Waals surface area contributed by atoms with E-state index in [1.54, 1.807) is 20.4 Å². The Kier molecular flexibility index (Phi) is 9.39. The Bertz CT molecular complexity index is 644. The number of benzene rings is 1. The Morgan fingerprint density at radius 1 is 1.48 bits per heavy atom. The number of nitrogens with zero attached hydrogens (tertiary/aromatic N) is 1. The molecule has 136 valence electrons. The van der Waals surface area contributed by atoms with Crippen LogP contribution in [0.3, 0.4) is 0 Å². The number of ether oxygens (including phenoxy) is 1. The van der Waals surface area contributed by atoms with E-state index < -0.39 is 11.2 Å². The summed E-state index contributed by atoms with van der Waals surface area (Å²) in [5, 5.41) is 11.5. The molecule has 0 radical (unpaired) electrons. The third-order valence-electron chi connectivity index (χ3n) is 3.16. The van der Waals surface area contributed by atoms with E-state index in [4.69, 9.17) is 9.84 Å². The van der Waals surface area contributed by atoms with Crippen molar-refractivity contribution in [1.82, 2.24) is 5.32 Å². The topological polar surface area (TPSA) is 88.0 Å². The van der Waals surface area contributed by atoms with Gasteiger partial charge in [-0.1, -0.05) is 43.3 Å². The Balaban J connectivity index is 0.000000257. The van der Waals surface area contributed by atoms with E-state index in [-0.39, 0.29) is 12.3 Å². The van der Waals surface area contributed by atoms with Crippen LogP contribution < -0.4 is 10.1 Å². The van der Waals surface area contributed by atoms with Gasteiger partial charge in [-0.3, -0.25) is 14.6 Å². The van der Waals surface area contributed by atoms with Gasteiger partial charge in [-0.15, -0.1) is 0 Å². The molecule has 1 fully saturated rings. The summed E-state index contributed by atoms with van der Waals surface area (Å²) in [4.78, 5) is 25.6. The van der Waals surface area contributed by atoms with Crippen LogP contribution in [-0.4, -0.2) is 42.6 Å². The molecule has 6 nitrogen and oxygen atoms in total. The summed E-state index contributed by atoms with van der Waals surface area (Å²) in [6.07, 6.45) is 5.54. The zero-order valence-electron chi connectivity index (χ0n) is 14.7. The van der Waals surface area contributed by atoms with Crippen molar-refractivity contribution < 1.29 is 19.4 Å². The summed E-state index contributed by atoms with van der Waals surface area (Å²) in [6.45, 7) is 2.05. The van der Waals surface area contributed by atoms with E-state index in [9.17, 15) is 9.59 Å². The molecule has 7 heteroatoms. The van der Waals surface area contributed by atoms with Crippen molar-refractivity contribution in [1.29, 1.82) is 0 Å². The molecule has 1 aromatic rings. The van der Waals surface area contributed by atoms with E-state index in [0.29, 0.717) is 0 Å². The van der Waals surface area contributed by atoms with E-state index in [0.717, 1.165) is 29.2 Å². The highest BCUT2D eigenvalue weighted by Crippen LogP contribution is 2.29. The third kappa shape index (κ3) is 7.89. The quantitative estimate of drug-likeness (QED) is 0.758. The van der Waals surface area contributed by atoms with Crippen molar-refractivity contribution >= 4 is 29.9 Å². The number of allylic oxidation sites excluding steroid dienone is 1. The molecule has 2 rings (SSSR count). The Labute approximate surface area is 152 Å². The molecule has 1 amide bonds. The van der Waals surface area contributed by atoms with Crippen LogP contribution in [0.2, 0.25) is 0 Å². The molecule has 1 aliphatic rings. The highest BCUT2D eigenvalue weighted by Gasteiger charge is 2.30. The fourth-order valence-corrected chi connectivity index (χ4v) is 3.05. The first-order valence-corrected chi connectivity index (χ1v) is 8.83. The first-order chi connectivity index (χ1) is 12.0. The molecule has 1 aliphatic heterocycles. The number of hydrogen-bond acceptors (Lipinski definition) is 5. The highest BCUT2D eigenvalue weighted by molar-refractivity contribution is 8.04. The predicted octanol–water partition coefficient (Wildman–Crippen LogP) is 3.08. The van der Waals surface area contributed by atoms with Crippen molar-refractivity contribution in [3.63, 3.8) is 0 Å². The fraction of sp³-hybridized carbons (Fsp3) is 0.389. The Morgan fingerprint density at radius 3 is 2.84 bits per heavy atom. The minimum Gasteiger partial charge on any atom is -0.497 e. The monoisotopic (exact) mass is 364 g/mol. The lowest BCUT2D eigenvalue weighted by Gasteiger charge is -1.98. The van der Waals surface area contributed by atoms with Crippen LogP contribution in [0.1, 0.15) is 31.7 Å². The van der Waals surface area contributed by atoms with Crippen LogP contribution >= 0.6 is 11.8 Å². The lowest BCUT2D eigenvalue weighted by molar-refractivity contribution is -0.138. The summed E-state index contributed by atoms with van der Waals surface area (Å²) in [6, 6.07) is 7.77. The van der Waals surface area contributed by atoms with Crippen LogP contribution in [0.4, 0.5) is 0 Å². The molecule has 0 saturated carbocycles. The SMILES string of the molecule is CCC/C=C1/NC(=O)C(CC(=O)O)S1.CN=Cc1cccc(OC)c1. The van der Waals surface area contributed by atoms with Gasteiger partial charge in [0.2, 0.25) is 5.91 Å². The van der Waals surface area contributed by atoms with Gasteiger partial charge < -0.3 is 15.2 Å². The molecule has 0 aromatic heterocycles. The summed E-state index contributed by atoms with van der Waals surface area (Å²) < 4.78 is 5.04. The maximum Gasteiger partial charge on any atom is 0.305 e. The second kappa shape index (κ2) is 11.3. The van der Waals surface area contributed by atoms with E-state index in [1.165, 1.54) is 11.8 Å². The number of rotatable bonds is 6. The van der Waals surface area contributed by atoms with Gasteiger partial charge in [-0.2, -0.15) is 0 Å². The first kappa shape index (κ1) is 20.8.